The number of aliphatic hydroxyl groups is 1. The van der Waals surface area contributed by atoms with Crippen molar-refractivity contribution in [2.24, 2.45) is 34.0 Å². The Morgan fingerprint density at radius 3 is 2.21 bits per heavy atom. The molecule has 0 radical (unpaired) electrons. The van der Waals surface area contributed by atoms with Gasteiger partial charge >= 0.3 is 17.9 Å². The van der Waals surface area contributed by atoms with Gasteiger partial charge in [0.15, 0.2) is 0 Å². The maximum absolute atomic E-state index is 13.4. The summed E-state index contributed by atoms with van der Waals surface area (Å²) in [5.74, 6) is -1.14. The maximum atomic E-state index is 13.4. The quantitative estimate of drug-likeness (QED) is 0.131. The Bertz CT molecular complexity index is 1010. The first kappa shape index (κ1) is 36.0. The number of rotatable bonds is 11. The molecule has 0 heterocycles. The number of Topliss-reactive ketones (excluding diaryl/α,β-unsaturated/α-hetero) is 1. The Labute approximate surface area is 255 Å². The van der Waals surface area contributed by atoms with E-state index in [4.69, 9.17) is 14.9 Å². The van der Waals surface area contributed by atoms with Gasteiger partial charge in [0, 0.05) is 47.6 Å². The molecule has 2 unspecified atom stereocenters. The van der Waals surface area contributed by atoms with Gasteiger partial charge in [0.1, 0.15) is 11.9 Å². The van der Waals surface area contributed by atoms with E-state index in [1.807, 2.05) is 13.0 Å². The van der Waals surface area contributed by atoms with Gasteiger partial charge in [-0.25, -0.2) is 9.59 Å². The standard InChI is InChI=1S/C28H47NO4S.C4H4O4/c1-8-26(6)17-22(33-23(31)18-34-16-15-29(9-2)10-3)27(7)19(4)11-13-28(20(5)25(26)32)14-12-21(30)24(27)28;5-3(6)1-2-4(7)8/h8,19-20,22,24-25,32H,1,9-18H2,2-7H3;1-2H,(H,5,6)(H,7,8)/b;2-1+/t19?,20-,22+,24-,25-,26+,27?,28-;/m0./s1. The number of carboxylic acid groups (broad SMARTS) is 2. The molecule has 2 bridgehead atoms. The topological polar surface area (TPSA) is 141 Å². The summed E-state index contributed by atoms with van der Waals surface area (Å²) in [6.45, 7) is 20.0. The van der Waals surface area contributed by atoms with E-state index in [1.54, 1.807) is 11.8 Å². The van der Waals surface area contributed by atoms with Gasteiger partial charge < -0.3 is 25.0 Å². The Morgan fingerprint density at radius 1 is 1.10 bits per heavy atom. The molecule has 0 aromatic carbocycles. The largest absolute Gasteiger partial charge is 0.478 e. The lowest BCUT2D eigenvalue weighted by molar-refractivity contribution is -0.205. The van der Waals surface area contributed by atoms with Crippen molar-refractivity contribution >= 4 is 35.5 Å². The van der Waals surface area contributed by atoms with Crippen molar-refractivity contribution in [3.8, 4) is 0 Å². The zero-order chi connectivity index (χ0) is 31.9. The van der Waals surface area contributed by atoms with Gasteiger partial charge in [-0.05, 0) is 56.0 Å². The van der Waals surface area contributed by atoms with E-state index in [2.05, 4.69) is 46.1 Å². The second-order valence-corrected chi connectivity index (χ2v) is 13.8. The van der Waals surface area contributed by atoms with Crippen LogP contribution in [0, 0.1) is 34.0 Å². The number of ether oxygens (including phenoxy) is 1. The summed E-state index contributed by atoms with van der Waals surface area (Å²) in [6.07, 6.45) is 5.76. The fourth-order valence-electron chi connectivity index (χ4n) is 7.73. The lowest BCUT2D eigenvalue weighted by Crippen LogP contribution is -2.63. The monoisotopic (exact) mass is 609 g/mol. The van der Waals surface area contributed by atoms with Crippen LogP contribution >= 0.6 is 11.8 Å². The number of aliphatic carboxylic acids is 2. The van der Waals surface area contributed by atoms with Gasteiger partial charge in [0.05, 0.1) is 11.9 Å². The minimum absolute atomic E-state index is 0.00828. The molecule has 3 fully saturated rings. The van der Waals surface area contributed by atoms with E-state index >= 15 is 0 Å². The zero-order valence-electron chi connectivity index (χ0n) is 26.1. The molecular weight excluding hydrogens is 558 g/mol. The molecular formula is C32H51NO8S. The van der Waals surface area contributed by atoms with E-state index in [0.717, 1.165) is 44.6 Å². The number of carbonyl (C=O) groups excluding carboxylic acids is 2. The first-order chi connectivity index (χ1) is 19.6. The first-order valence-corrected chi connectivity index (χ1v) is 16.3. The van der Waals surface area contributed by atoms with Crippen LogP contribution in [0.5, 0.6) is 0 Å². The number of hydrogen-bond acceptors (Lipinski definition) is 8. The van der Waals surface area contributed by atoms with Crippen molar-refractivity contribution in [2.75, 3.05) is 31.1 Å². The van der Waals surface area contributed by atoms with E-state index in [-0.39, 0.29) is 29.1 Å². The van der Waals surface area contributed by atoms with Crippen LogP contribution in [0.25, 0.3) is 0 Å². The molecule has 3 rings (SSSR count). The first-order valence-electron chi connectivity index (χ1n) is 15.1. The van der Waals surface area contributed by atoms with Crippen molar-refractivity contribution in [1.29, 1.82) is 0 Å². The lowest BCUT2D eigenvalue weighted by Gasteiger charge is -2.61. The number of aliphatic hydroxyl groups excluding tert-OH is 1. The van der Waals surface area contributed by atoms with E-state index in [1.165, 1.54) is 0 Å². The third-order valence-electron chi connectivity index (χ3n) is 10.6. The summed E-state index contributed by atoms with van der Waals surface area (Å²) < 4.78 is 6.30. The Balaban J connectivity index is 0.000000675. The number of thioether (sulfide) groups is 1. The van der Waals surface area contributed by atoms with Gasteiger partial charge in [-0.1, -0.05) is 47.6 Å². The highest BCUT2D eigenvalue weighted by Crippen LogP contribution is 2.68. The molecule has 8 atom stereocenters. The second kappa shape index (κ2) is 15.0. The molecule has 0 saturated heterocycles. The summed E-state index contributed by atoms with van der Waals surface area (Å²) in [5.41, 5.74) is -1.25. The smallest absolute Gasteiger partial charge is 0.328 e. The molecule has 238 valence electrons. The summed E-state index contributed by atoms with van der Waals surface area (Å²) >= 11 is 1.61. The van der Waals surface area contributed by atoms with Crippen LogP contribution in [-0.2, 0) is 23.9 Å². The molecule has 10 heteroatoms. The van der Waals surface area contributed by atoms with Crippen molar-refractivity contribution in [3.05, 3.63) is 24.8 Å². The van der Waals surface area contributed by atoms with E-state index < -0.39 is 35.0 Å². The number of nitrogens with zero attached hydrogens (tertiary/aromatic N) is 1. The highest BCUT2D eigenvalue weighted by molar-refractivity contribution is 7.99. The van der Waals surface area contributed by atoms with Gasteiger partial charge in [-0.2, -0.15) is 0 Å². The van der Waals surface area contributed by atoms with Crippen LogP contribution in [0.3, 0.4) is 0 Å². The minimum atomic E-state index is -1.26. The van der Waals surface area contributed by atoms with Crippen molar-refractivity contribution in [1.82, 2.24) is 4.90 Å². The van der Waals surface area contributed by atoms with Gasteiger partial charge in [-0.3, -0.25) is 9.59 Å². The molecule has 42 heavy (non-hydrogen) atoms. The number of ketones is 1. The van der Waals surface area contributed by atoms with Crippen molar-refractivity contribution in [3.63, 3.8) is 0 Å². The predicted octanol–water partition coefficient (Wildman–Crippen LogP) is 4.68. The van der Waals surface area contributed by atoms with Crippen LogP contribution in [0.15, 0.2) is 24.8 Å². The summed E-state index contributed by atoms with van der Waals surface area (Å²) in [6, 6.07) is 0. The van der Waals surface area contributed by atoms with E-state index in [9.17, 15) is 24.3 Å². The maximum Gasteiger partial charge on any atom is 0.328 e. The number of hydrogen-bond donors (Lipinski definition) is 3. The molecule has 0 amide bonds. The molecule has 0 aromatic heterocycles. The van der Waals surface area contributed by atoms with Crippen LogP contribution in [0.1, 0.15) is 73.6 Å². The summed E-state index contributed by atoms with van der Waals surface area (Å²) in [4.78, 5) is 48.0. The molecule has 0 aliphatic heterocycles. The second-order valence-electron chi connectivity index (χ2n) is 12.7. The highest BCUT2D eigenvalue weighted by atomic mass is 32.2. The third-order valence-corrected chi connectivity index (χ3v) is 11.5. The van der Waals surface area contributed by atoms with Crippen LogP contribution in [0.4, 0.5) is 0 Å². The van der Waals surface area contributed by atoms with Gasteiger partial charge in [0.2, 0.25) is 0 Å². The van der Waals surface area contributed by atoms with Crippen LogP contribution < -0.4 is 0 Å². The molecule has 9 nitrogen and oxygen atoms in total. The average molecular weight is 610 g/mol. The zero-order valence-corrected chi connectivity index (χ0v) is 27.0. The number of esters is 1. The number of carboxylic acids is 2. The molecule has 3 aliphatic carbocycles. The van der Waals surface area contributed by atoms with Gasteiger partial charge in [0.25, 0.3) is 0 Å². The molecule has 3 N–H and O–H groups in total. The van der Waals surface area contributed by atoms with E-state index in [0.29, 0.717) is 36.5 Å². The average Bonchev–Trinajstić information content (AvgIpc) is 3.30. The lowest BCUT2D eigenvalue weighted by atomic mass is 9.44. The fourth-order valence-corrected chi connectivity index (χ4v) is 8.49. The summed E-state index contributed by atoms with van der Waals surface area (Å²) in [5, 5.41) is 27.2. The van der Waals surface area contributed by atoms with Crippen molar-refractivity contribution in [2.45, 2.75) is 85.9 Å². The normalized spacial score (nSPS) is 35.9. The summed E-state index contributed by atoms with van der Waals surface area (Å²) in [7, 11) is 0. The molecule has 0 spiro atoms. The third kappa shape index (κ3) is 7.66. The minimum Gasteiger partial charge on any atom is -0.478 e. The Kier molecular flexibility index (Phi) is 12.9. The van der Waals surface area contributed by atoms with Crippen molar-refractivity contribution < 1.29 is 39.2 Å². The molecule has 3 saturated carbocycles. The predicted molar refractivity (Wildman–Crippen MR) is 164 cm³/mol. The Morgan fingerprint density at radius 2 is 1.69 bits per heavy atom. The van der Waals surface area contributed by atoms with Crippen LogP contribution in [0.2, 0.25) is 0 Å². The highest BCUT2D eigenvalue weighted by Gasteiger charge is 2.68. The molecule has 0 aromatic rings. The fraction of sp³-hybridized carbons (Fsp3) is 0.750. The number of carbonyl (C=O) groups is 4. The SMILES string of the molecule is C=C[C@]1(C)C[C@@H](OC(=O)CSCCN(CC)CC)C2(C)C(C)CC[C@]3(CCC(=O)[C@@H]23)[C@@H](C)[C@@H]1O.O=C(O)/C=C/C(=O)O. The van der Waals surface area contributed by atoms with Crippen LogP contribution in [-0.4, -0.2) is 87.3 Å². The Hall–Kier alpha value is -2.17. The molecule has 3 aliphatic rings. The van der Waals surface area contributed by atoms with Gasteiger partial charge in [-0.15, -0.1) is 18.3 Å².